The van der Waals surface area contributed by atoms with Gasteiger partial charge in [-0.3, -0.25) is 0 Å². The Labute approximate surface area is 741 Å². The van der Waals surface area contributed by atoms with E-state index >= 15 is 0 Å². The molecule has 0 spiro atoms. The molecule has 0 amide bonds. The Hall–Kier alpha value is -13.0. The van der Waals surface area contributed by atoms with Crippen molar-refractivity contribution in [3.8, 4) is 55.9 Å². The maximum absolute atomic E-state index is 2.82. The molecule has 2 aromatic heterocycles. The van der Waals surface area contributed by atoms with Crippen molar-refractivity contribution in [2.45, 2.75) is 176 Å². The average Bonchev–Trinajstić information content (AvgIpc) is 1.44. The molecule has 0 aliphatic carbocycles. The molecule has 19 aromatic carbocycles. The molecule has 21 aromatic rings. The zero-order valence-electron chi connectivity index (χ0n) is 76.5. The minimum Gasteiger partial charge on any atom is -0.310 e. The summed E-state index contributed by atoms with van der Waals surface area (Å²) < 4.78 is 5.44. The molecule has 614 valence electrons. The fraction of sp³-hybridized carbons (Fsp3) is 0.223. The van der Waals surface area contributed by atoms with Gasteiger partial charge in [-0.25, -0.2) is 0 Å². The molecule has 24 rings (SSSR count). The molecule has 5 heteroatoms. The Kier molecular flexibility index (Phi) is 15.6. The van der Waals surface area contributed by atoms with Crippen molar-refractivity contribution in [2.24, 2.45) is 0 Å². The van der Waals surface area contributed by atoms with Crippen LogP contribution in [0, 0.1) is 0 Å². The highest BCUT2D eigenvalue weighted by Gasteiger charge is 2.48. The van der Waals surface area contributed by atoms with Gasteiger partial charge in [0.2, 0.25) is 0 Å². The molecule has 3 aliphatic heterocycles. The number of benzene rings is 19. The topological polar surface area (TPSA) is 16.3 Å². The second-order valence-electron chi connectivity index (χ2n) is 44.0. The molecule has 0 N–H and O–H groups in total. The molecule has 0 radical (unpaired) electrons. The van der Waals surface area contributed by atoms with E-state index in [9.17, 15) is 0 Å². The van der Waals surface area contributed by atoms with Gasteiger partial charge in [0.15, 0.2) is 0 Å². The van der Waals surface area contributed by atoms with Crippen molar-refractivity contribution in [3.63, 3.8) is 0 Å². The fourth-order valence-corrected chi connectivity index (χ4v) is 23.4. The Morgan fingerprint density at radius 3 is 0.913 bits per heavy atom. The lowest BCUT2D eigenvalue weighted by Gasteiger charge is -2.47. The molecule has 4 nitrogen and oxygen atoms in total. The van der Waals surface area contributed by atoms with Crippen LogP contribution >= 0.6 is 0 Å². The predicted molar refractivity (Wildman–Crippen MR) is 545 cm³/mol. The highest BCUT2D eigenvalue weighted by Crippen LogP contribution is 2.60. The Morgan fingerprint density at radius 1 is 0.246 bits per heavy atom. The van der Waals surface area contributed by atoms with Crippen molar-refractivity contribution < 1.29 is 0 Å². The van der Waals surface area contributed by atoms with E-state index in [0.717, 1.165) is 45.3 Å². The summed E-state index contributed by atoms with van der Waals surface area (Å²) in [6, 6.07) is 114. The second-order valence-corrected chi connectivity index (χ2v) is 44.0. The second kappa shape index (κ2) is 25.7. The summed E-state index contributed by atoms with van der Waals surface area (Å²) in [4.78, 5) is 5.63. The Morgan fingerprint density at radius 2 is 0.556 bits per heavy atom. The smallest absolute Gasteiger partial charge is 0.252 e. The molecule has 5 heterocycles. The predicted octanol–water partition coefficient (Wildman–Crippen LogP) is 31.7. The lowest BCUT2D eigenvalue weighted by molar-refractivity contribution is 0.590. The molecule has 6 bridgehead atoms. The van der Waals surface area contributed by atoms with Gasteiger partial charge in [0.1, 0.15) is 0 Å². The van der Waals surface area contributed by atoms with Crippen LogP contribution in [0.25, 0.3) is 164 Å². The monoisotopic (exact) mass is 1630 g/mol. The van der Waals surface area contributed by atoms with Crippen LogP contribution in [0.1, 0.15) is 183 Å². The van der Waals surface area contributed by atoms with Gasteiger partial charge in [-0.15, -0.1) is 0 Å². The number of hydrogen-bond donors (Lipinski definition) is 0. The number of fused-ring (bicyclic) bond motifs is 16. The molecule has 0 saturated carbocycles. The van der Waals surface area contributed by atoms with Gasteiger partial charge >= 0.3 is 0 Å². The highest BCUT2D eigenvalue weighted by molar-refractivity contribution is 7.00. The summed E-state index contributed by atoms with van der Waals surface area (Å²) in [5.41, 5.74) is 35.8. The maximum Gasteiger partial charge on any atom is 0.252 e. The van der Waals surface area contributed by atoms with Crippen LogP contribution in [0.2, 0.25) is 0 Å². The first-order chi connectivity index (χ1) is 60.1. The molecule has 0 unspecified atom stereocenters. The van der Waals surface area contributed by atoms with E-state index in [1.54, 1.807) is 0 Å². The van der Waals surface area contributed by atoms with Gasteiger partial charge in [0.05, 0.1) is 33.4 Å². The highest BCUT2D eigenvalue weighted by atomic mass is 15.2. The first-order valence-electron chi connectivity index (χ1n) is 45.8. The molecular weight excluding hydrogens is 1520 g/mol. The van der Waals surface area contributed by atoms with E-state index in [1.165, 1.54) is 214 Å². The third kappa shape index (κ3) is 10.7. The van der Waals surface area contributed by atoms with E-state index in [4.69, 9.17) is 0 Å². The van der Waals surface area contributed by atoms with Crippen molar-refractivity contribution in [1.82, 2.24) is 9.13 Å². The van der Waals surface area contributed by atoms with E-state index in [-0.39, 0.29) is 39.2 Å². The standard InChI is InChI=1S/C121H107BN4/c1-115(2,3)73-56-86(68-35-24-21-25-36-68)113(87(57-73)69-37-26-22-27-38-69)125-96-62-76(123-98-64-90(118(10,11)12)82-47-31-43-78-79-44-32-48-83-91(119(13,14)15)65-99(123)109(105(79)83)108(98)104(78)82)51-53-94(96)122-95-54-52-77-63-97(95)126(103-61-75(117(7,8)9)60-102(125)112(103)122)114-88(70-39-28-23-29-40-70)58-74(116(4,5)6)59-89(114)71-41-30-42-72(55-71)121(19,20)93-67-101-111-107-81(46-34-50-85(93)107)80-45-33-49-84-92(120(16,17)18)66-100(124(77)101)110(111)106(80)84/h21-67H,1-20H3. The fourth-order valence-electron chi connectivity index (χ4n) is 23.4. The van der Waals surface area contributed by atoms with Gasteiger partial charge in [0.25, 0.3) is 6.71 Å². The van der Waals surface area contributed by atoms with Crippen LogP contribution in [0.4, 0.5) is 34.1 Å². The Balaban J connectivity index is 0.910. The summed E-state index contributed by atoms with van der Waals surface area (Å²) in [6.45, 7) is 48.1. The summed E-state index contributed by atoms with van der Waals surface area (Å²) in [5.74, 6) is 0. The molecule has 126 heavy (non-hydrogen) atoms. The minimum atomic E-state index is -0.496. The van der Waals surface area contributed by atoms with Crippen LogP contribution in [0.15, 0.2) is 285 Å². The van der Waals surface area contributed by atoms with Gasteiger partial charge < -0.3 is 18.9 Å². The SMILES string of the molecule is CC(C)(C)c1cc(-c2ccccc2)c(N2c3cc(-n4c5cc(C(C)(C)C)c6cccc7c8cccc9c(C(C)(C)C)cc4c(c98)c5c67)ccc3B3c4ccc5cc4N(c4cc(C(C)(C)C)cc2c43)c2c(-c3ccccc3)cc(C(C)(C)C)cc2-c2cccc(c2)C(C)(C)c2cc3c4c6c2cccc6c2cccc6c(C(C)(C)C)cc(c4c62)n3-5)c(-c2ccccc2)c1. The lowest BCUT2D eigenvalue weighted by atomic mass is 9.33. The molecule has 0 fully saturated rings. The van der Waals surface area contributed by atoms with Crippen LogP contribution < -0.4 is 26.2 Å². The summed E-state index contributed by atoms with van der Waals surface area (Å²) in [6.07, 6.45) is 0. The first kappa shape index (κ1) is 76.7. The van der Waals surface area contributed by atoms with Crippen LogP contribution in [0.5, 0.6) is 0 Å². The Bertz CT molecular complexity index is 8030. The zero-order valence-corrected chi connectivity index (χ0v) is 76.5. The number of aromatic nitrogens is 2. The molecular formula is C121H107BN4. The summed E-state index contributed by atoms with van der Waals surface area (Å²) in [5, 5.41) is 21.3. The van der Waals surface area contributed by atoms with Crippen LogP contribution in [0.3, 0.4) is 0 Å². The average molecular weight is 1630 g/mol. The summed E-state index contributed by atoms with van der Waals surface area (Å²) >= 11 is 0. The quantitative estimate of drug-likeness (QED) is 0.0970. The number of nitrogens with zero attached hydrogens (tertiary/aromatic N) is 4. The van der Waals surface area contributed by atoms with Crippen molar-refractivity contribution >= 4 is 165 Å². The van der Waals surface area contributed by atoms with Gasteiger partial charge in [-0.05, 0) is 265 Å². The first-order valence-corrected chi connectivity index (χ1v) is 45.8. The number of anilines is 6. The molecule has 0 atom stereocenters. The molecule has 3 aliphatic rings. The van der Waals surface area contributed by atoms with E-state index in [1.807, 2.05) is 0 Å². The van der Waals surface area contributed by atoms with Crippen molar-refractivity contribution in [1.29, 1.82) is 0 Å². The van der Waals surface area contributed by atoms with Gasteiger partial charge in [-0.1, -0.05) is 339 Å². The van der Waals surface area contributed by atoms with Crippen molar-refractivity contribution in [2.75, 3.05) is 9.80 Å². The molecule has 0 saturated heterocycles. The zero-order chi connectivity index (χ0) is 86.8. The number of rotatable bonds is 5. The number of hydrogen-bond acceptors (Lipinski definition) is 2. The normalized spacial score (nSPS) is 14.4. The van der Waals surface area contributed by atoms with Gasteiger partial charge in [0, 0.05) is 83.3 Å². The largest absolute Gasteiger partial charge is 0.310 e. The summed E-state index contributed by atoms with van der Waals surface area (Å²) in [7, 11) is 0. The van der Waals surface area contributed by atoms with E-state index < -0.39 is 5.41 Å². The van der Waals surface area contributed by atoms with Gasteiger partial charge in [-0.2, -0.15) is 0 Å². The van der Waals surface area contributed by atoms with E-state index in [0.29, 0.717) is 0 Å². The third-order valence-corrected chi connectivity index (χ3v) is 29.7. The minimum absolute atomic E-state index is 0.197. The van der Waals surface area contributed by atoms with Crippen molar-refractivity contribution in [3.05, 3.63) is 330 Å². The maximum atomic E-state index is 2.82. The van der Waals surface area contributed by atoms with Crippen LogP contribution in [-0.4, -0.2) is 15.8 Å². The third-order valence-electron chi connectivity index (χ3n) is 29.7. The van der Waals surface area contributed by atoms with Crippen LogP contribution in [-0.2, 0) is 37.9 Å². The lowest BCUT2D eigenvalue weighted by Crippen LogP contribution is -2.61. The van der Waals surface area contributed by atoms with E-state index in [2.05, 4.69) is 443 Å².